The van der Waals surface area contributed by atoms with Gasteiger partial charge in [-0.15, -0.1) is 0 Å². The second kappa shape index (κ2) is 10.3. The minimum atomic E-state index is -4.82. The average Bonchev–Trinajstić information content (AvgIpc) is 2.83. The molecular formula is C25H24F3N3O4. The van der Waals surface area contributed by atoms with Crippen LogP contribution in [-0.4, -0.2) is 29.6 Å². The van der Waals surface area contributed by atoms with E-state index in [-0.39, 0.29) is 30.3 Å². The van der Waals surface area contributed by atoms with Crippen LogP contribution in [0.2, 0.25) is 0 Å². The van der Waals surface area contributed by atoms with E-state index >= 15 is 0 Å². The predicted octanol–water partition coefficient (Wildman–Crippen LogP) is 6.15. The van der Waals surface area contributed by atoms with Crippen LogP contribution >= 0.6 is 0 Å². The summed E-state index contributed by atoms with van der Waals surface area (Å²) in [6.45, 7) is -0.0904. The lowest BCUT2D eigenvalue weighted by atomic mass is 9.92. The standard InChI is InChI=1S/C25H24F3N3O4/c26-25(27,28)22-14-20(9-12-23(22)31(33)34)29-18-7-10-21(11-8-18)35-15-24(32)30-19-6-5-16-3-1-2-4-17(16)13-19/h1-6,9,12-14,18,21,29H,7-8,10-11,15H2,(H,30,32)/t18-,21-. The van der Waals surface area contributed by atoms with Gasteiger partial charge >= 0.3 is 6.18 Å². The summed E-state index contributed by atoms with van der Waals surface area (Å²) in [6, 6.07) is 16.3. The summed E-state index contributed by atoms with van der Waals surface area (Å²) in [5.74, 6) is -0.258. The Hall–Kier alpha value is -3.66. The number of nitrogens with one attached hydrogen (secondary N) is 2. The summed E-state index contributed by atoms with van der Waals surface area (Å²) in [5.41, 5.74) is -1.38. The van der Waals surface area contributed by atoms with E-state index < -0.39 is 22.4 Å². The summed E-state index contributed by atoms with van der Waals surface area (Å²) in [6.07, 6.45) is -2.40. The molecule has 0 radical (unpaired) electrons. The van der Waals surface area contributed by atoms with E-state index in [1.807, 2.05) is 42.5 Å². The second-order valence-electron chi connectivity index (χ2n) is 8.53. The Morgan fingerprint density at radius 1 is 0.971 bits per heavy atom. The molecule has 35 heavy (non-hydrogen) atoms. The highest BCUT2D eigenvalue weighted by molar-refractivity contribution is 5.95. The fraction of sp³-hybridized carbons (Fsp3) is 0.320. The zero-order chi connectivity index (χ0) is 25.0. The van der Waals surface area contributed by atoms with E-state index in [0.29, 0.717) is 31.4 Å². The van der Waals surface area contributed by atoms with Gasteiger partial charge in [0.05, 0.1) is 11.0 Å². The van der Waals surface area contributed by atoms with Crippen LogP contribution in [-0.2, 0) is 15.7 Å². The molecule has 1 aliphatic rings. The highest BCUT2D eigenvalue weighted by Crippen LogP contribution is 2.38. The van der Waals surface area contributed by atoms with Crippen LogP contribution in [0.25, 0.3) is 10.8 Å². The van der Waals surface area contributed by atoms with Crippen molar-refractivity contribution in [2.24, 2.45) is 0 Å². The number of nitrogens with zero attached hydrogens (tertiary/aromatic N) is 1. The minimum absolute atomic E-state index is 0.0904. The number of carbonyl (C=O) groups excluding carboxylic acids is 1. The maximum absolute atomic E-state index is 13.2. The molecule has 4 rings (SSSR count). The number of hydrogen-bond acceptors (Lipinski definition) is 5. The third kappa shape index (κ3) is 6.27. The first-order chi connectivity index (χ1) is 16.7. The third-order valence-electron chi connectivity index (χ3n) is 6.03. The van der Waals surface area contributed by atoms with Gasteiger partial charge in [-0.05, 0) is 60.7 Å². The summed E-state index contributed by atoms with van der Waals surface area (Å²) in [5, 5.41) is 18.9. The highest BCUT2D eigenvalue weighted by Gasteiger charge is 2.38. The lowest BCUT2D eigenvalue weighted by Crippen LogP contribution is -2.31. The first-order valence-electron chi connectivity index (χ1n) is 11.2. The molecule has 0 unspecified atom stereocenters. The smallest absolute Gasteiger partial charge is 0.382 e. The van der Waals surface area contributed by atoms with Crippen molar-refractivity contribution in [2.75, 3.05) is 17.2 Å². The van der Waals surface area contributed by atoms with Crippen molar-refractivity contribution in [1.29, 1.82) is 0 Å². The van der Waals surface area contributed by atoms with E-state index in [1.165, 1.54) is 6.07 Å². The van der Waals surface area contributed by atoms with E-state index in [9.17, 15) is 28.1 Å². The molecule has 1 saturated carbocycles. The lowest BCUT2D eigenvalue weighted by molar-refractivity contribution is -0.388. The van der Waals surface area contributed by atoms with Crippen molar-refractivity contribution < 1.29 is 27.6 Å². The fourth-order valence-electron chi connectivity index (χ4n) is 4.28. The number of halogens is 3. The van der Waals surface area contributed by atoms with Crippen LogP contribution in [0, 0.1) is 10.1 Å². The zero-order valence-corrected chi connectivity index (χ0v) is 18.7. The van der Waals surface area contributed by atoms with Crippen LogP contribution in [0.15, 0.2) is 60.7 Å². The van der Waals surface area contributed by atoms with Gasteiger partial charge in [0, 0.05) is 23.5 Å². The molecule has 1 fully saturated rings. The highest BCUT2D eigenvalue weighted by atomic mass is 19.4. The molecule has 10 heteroatoms. The van der Waals surface area contributed by atoms with Crippen molar-refractivity contribution in [2.45, 2.75) is 44.0 Å². The number of rotatable bonds is 7. The Kier molecular flexibility index (Phi) is 7.20. The molecular weight excluding hydrogens is 463 g/mol. The number of alkyl halides is 3. The summed E-state index contributed by atoms with van der Waals surface area (Å²) >= 11 is 0. The summed E-state index contributed by atoms with van der Waals surface area (Å²) < 4.78 is 45.3. The number of ether oxygens (including phenoxy) is 1. The first-order valence-corrected chi connectivity index (χ1v) is 11.2. The number of nitro benzene ring substituents is 1. The van der Waals surface area contributed by atoms with Gasteiger partial charge in [-0.3, -0.25) is 14.9 Å². The normalized spacial score (nSPS) is 18.3. The Morgan fingerprint density at radius 2 is 1.66 bits per heavy atom. The van der Waals surface area contributed by atoms with Crippen LogP contribution in [0.3, 0.4) is 0 Å². The molecule has 0 bridgehead atoms. The molecule has 3 aromatic carbocycles. The topological polar surface area (TPSA) is 93.5 Å². The molecule has 0 heterocycles. The predicted molar refractivity (Wildman–Crippen MR) is 126 cm³/mol. The monoisotopic (exact) mass is 487 g/mol. The van der Waals surface area contributed by atoms with Crippen molar-refractivity contribution in [3.8, 4) is 0 Å². The molecule has 0 saturated heterocycles. The van der Waals surface area contributed by atoms with Gasteiger partial charge in [-0.2, -0.15) is 13.2 Å². The number of carbonyl (C=O) groups is 1. The summed E-state index contributed by atoms with van der Waals surface area (Å²) in [7, 11) is 0. The van der Waals surface area contributed by atoms with Gasteiger partial charge < -0.3 is 15.4 Å². The molecule has 2 N–H and O–H groups in total. The minimum Gasteiger partial charge on any atom is -0.382 e. The van der Waals surface area contributed by atoms with Gasteiger partial charge in [0.2, 0.25) is 5.91 Å². The number of nitro groups is 1. The van der Waals surface area contributed by atoms with Crippen LogP contribution < -0.4 is 10.6 Å². The van der Waals surface area contributed by atoms with Crippen LogP contribution in [0.5, 0.6) is 0 Å². The Labute approximate surface area is 199 Å². The fourth-order valence-corrected chi connectivity index (χ4v) is 4.28. The molecule has 7 nitrogen and oxygen atoms in total. The van der Waals surface area contributed by atoms with Crippen molar-refractivity contribution in [1.82, 2.24) is 0 Å². The molecule has 3 aromatic rings. The number of benzene rings is 3. The number of anilines is 2. The van der Waals surface area contributed by atoms with E-state index in [1.54, 1.807) is 0 Å². The van der Waals surface area contributed by atoms with Gasteiger partial charge in [0.15, 0.2) is 0 Å². The third-order valence-corrected chi connectivity index (χ3v) is 6.03. The maximum atomic E-state index is 13.2. The van der Waals surface area contributed by atoms with Crippen molar-refractivity contribution in [3.63, 3.8) is 0 Å². The molecule has 0 spiro atoms. The number of amides is 1. The molecule has 0 aliphatic heterocycles. The number of hydrogen-bond donors (Lipinski definition) is 2. The van der Waals surface area contributed by atoms with Crippen molar-refractivity contribution >= 4 is 33.7 Å². The number of fused-ring (bicyclic) bond motifs is 1. The van der Waals surface area contributed by atoms with Gasteiger partial charge in [-0.25, -0.2) is 0 Å². The Bertz CT molecular complexity index is 1220. The molecule has 0 aromatic heterocycles. The van der Waals surface area contributed by atoms with Crippen LogP contribution in [0.4, 0.5) is 30.2 Å². The molecule has 1 amide bonds. The first kappa shape index (κ1) is 24.5. The Balaban J connectivity index is 1.25. The SMILES string of the molecule is O=C(CO[C@H]1CC[C@H](Nc2ccc([N+](=O)[O-])c(C(F)(F)F)c2)CC1)Nc1ccc2ccccc2c1. The molecule has 1 aliphatic carbocycles. The van der Waals surface area contributed by atoms with Gasteiger partial charge in [-0.1, -0.05) is 30.3 Å². The quantitative estimate of drug-likeness (QED) is 0.308. The average molecular weight is 487 g/mol. The lowest BCUT2D eigenvalue weighted by Gasteiger charge is -2.29. The van der Waals surface area contributed by atoms with Gasteiger partial charge in [0.1, 0.15) is 12.2 Å². The van der Waals surface area contributed by atoms with E-state index in [4.69, 9.17) is 4.74 Å². The van der Waals surface area contributed by atoms with E-state index in [0.717, 1.165) is 22.9 Å². The largest absolute Gasteiger partial charge is 0.423 e. The zero-order valence-electron chi connectivity index (χ0n) is 18.7. The Morgan fingerprint density at radius 3 is 2.34 bits per heavy atom. The summed E-state index contributed by atoms with van der Waals surface area (Å²) in [4.78, 5) is 22.2. The molecule has 184 valence electrons. The van der Waals surface area contributed by atoms with Gasteiger partial charge in [0.25, 0.3) is 5.69 Å². The maximum Gasteiger partial charge on any atom is 0.423 e. The molecule has 0 atom stereocenters. The van der Waals surface area contributed by atoms with E-state index in [2.05, 4.69) is 10.6 Å². The van der Waals surface area contributed by atoms with Crippen molar-refractivity contribution in [3.05, 3.63) is 76.3 Å². The second-order valence-corrected chi connectivity index (χ2v) is 8.53. The van der Waals surface area contributed by atoms with Crippen LogP contribution in [0.1, 0.15) is 31.2 Å².